The summed E-state index contributed by atoms with van der Waals surface area (Å²) in [5, 5.41) is 10.4. The maximum atomic E-state index is 12.1. The van der Waals surface area contributed by atoms with Gasteiger partial charge in [-0.05, 0) is 25.5 Å². The van der Waals surface area contributed by atoms with Gasteiger partial charge >= 0.3 is 0 Å². The Balaban J connectivity index is 1.60. The molecule has 8 heteroatoms. The van der Waals surface area contributed by atoms with Crippen LogP contribution in [0.1, 0.15) is 26.2 Å². The Kier molecular flexibility index (Phi) is 5.57. The molecule has 1 aromatic carbocycles. The molecule has 0 bridgehead atoms. The second kappa shape index (κ2) is 7.67. The van der Waals surface area contributed by atoms with E-state index in [0.717, 1.165) is 16.5 Å². The van der Waals surface area contributed by atoms with Gasteiger partial charge in [0, 0.05) is 16.1 Å². The molecule has 1 fully saturated rings. The summed E-state index contributed by atoms with van der Waals surface area (Å²) in [6, 6.07) is 7.89. The Bertz CT molecular complexity index is 724. The number of hydrogen-bond donors (Lipinski definition) is 2. The van der Waals surface area contributed by atoms with Gasteiger partial charge in [-0.15, -0.1) is 11.8 Å². The minimum atomic E-state index is -0.144. The van der Waals surface area contributed by atoms with E-state index in [1.165, 1.54) is 11.8 Å². The number of benzene rings is 1. The van der Waals surface area contributed by atoms with E-state index in [2.05, 4.69) is 36.7 Å². The van der Waals surface area contributed by atoms with Crippen molar-refractivity contribution in [2.45, 2.75) is 37.6 Å². The Morgan fingerprint density at radius 1 is 1.38 bits per heavy atom. The van der Waals surface area contributed by atoms with Gasteiger partial charge in [-0.25, -0.2) is 0 Å². The Hall–Kier alpha value is -1.38. The number of hydrogen-bond acceptors (Lipinski definition) is 6. The average molecular weight is 411 g/mol. The highest BCUT2D eigenvalue weighted by atomic mass is 79.9. The first-order valence-corrected chi connectivity index (χ1v) is 9.68. The van der Waals surface area contributed by atoms with Crippen molar-refractivity contribution in [1.29, 1.82) is 0 Å². The van der Waals surface area contributed by atoms with Crippen LogP contribution in [0.3, 0.4) is 0 Å². The van der Waals surface area contributed by atoms with E-state index in [9.17, 15) is 4.79 Å². The smallest absolute Gasteiger partial charge is 0.237 e. The van der Waals surface area contributed by atoms with Crippen molar-refractivity contribution in [3.8, 4) is 11.4 Å². The maximum absolute atomic E-state index is 12.1. The Morgan fingerprint density at radius 3 is 2.88 bits per heavy atom. The summed E-state index contributed by atoms with van der Waals surface area (Å²) >= 11 is 5.02. The summed E-state index contributed by atoms with van der Waals surface area (Å²) in [6.45, 7) is 4.07. The number of nitrogens with one attached hydrogen (secondary N) is 2. The number of amides is 1. The van der Waals surface area contributed by atoms with E-state index in [1.807, 2.05) is 38.1 Å². The third-order valence-electron chi connectivity index (χ3n) is 4.02. The zero-order valence-corrected chi connectivity index (χ0v) is 15.9. The molecule has 0 aliphatic carbocycles. The van der Waals surface area contributed by atoms with Gasteiger partial charge in [-0.2, -0.15) is 4.98 Å². The molecule has 1 amide bonds. The predicted molar refractivity (Wildman–Crippen MR) is 97.0 cm³/mol. The molecule has 1 aliphatic rings. The fourth-order valence-electron chi connectivity index (χ4n) is 2.71. The van der Waals surface area contributed by atoms with Crippen LogP contribution in [0.2, 0.25) is 0 Å². The molecule has 3 rings (SSSR count). The molecule has 2 N–H and O–H groups in total. The Labute approximate surface area is 153 Å². The average Bonchev–Trinajstić information content (AvgIpc) is 3.02. The van der Waals surface area contributed by atoms with Gasteiger partial charge < -0.3 is 9.84 Å². The first-order chi connectivity index (χ1) is 11.6. The summed E-state index contributed by atoms with van der Waals surface area (Å²) in [5.41, 5.74) is 0.745. The summed E-state index contributed by atoms with van der Waals surface area (Å²) in [5.74, 6) is 1.73. The molecule has 6 nitrogen and oxygen atoms in total. The van der Waals surface area contributed by atoms with Gasteiger partial charge in [-0.1, -0.05) is 40.1 Å². The molecule has 1 aromatic heterocycles. The van der Waals surface area contributed by atoms with Crippen molar-refractivity contribution < 1.29 is 9.32 Å². The largest absolute Gasteiger partial charge is 0.338 e. The van der Waals surface area contributed by atoms with Crippen LogP contribution in [0, 0.1) is 5.92 Å². The topological polar surface area (TPSA) is 80.1 Å². The highest BCUT2D eigenvalue weighted by Gasteiger charge is 2.32. The molecule has 1 aliphatic heterocycles. The van der Waals surface area contributed by atoms with E-state index in [4.69, 9.17) is 4.52 Å². The Morgan fingerprint density at radius 2 is 2.17 bits per heavy atom. The van der Waals surface area contributed by atoms with Crippen LogP contribution >= 0.6 is 27.7 Å². The second-order valence-corrected chi connectivity index (χ2v) is 7.61. The van der Waals surface area contributed by atoms with Gasteiger partial charge in [-0.3, -0.25) is 10.1 Å². The minimum absolute atomic E-state index is 0.0206. The molecule has 0 radical (unpaired) electrons. The standard InChI is InChI=1S/C16H19BrN4O2S/c1-3-10-9(2)18-16(20-15(10)22)24-8-13-19-14(21-23-13)11-6-4-5-7-12(11)17/h4-7,9-10,16,18H,3,8H2,1-2H3,(H,20,22). The molecule has 24 heavy (non-hydrogen) atoms. The summed E-state index contributed by atoms with van der Waals surface area (Å²) < 4.78 is 6.24. The number of rotatable bonds is 5. The van der Waals surface area contributed by atoms with Crippen molar-refractivity contribution in [3.63, 3.8) is 0 Å². The predicted octanol–water partition coefficient (Wildman–Crippen LogP) is 3.15. The lowest BCUT2D eigenvalue weighted by Gasteiger charge is -2.34. The van der Waals surface area contributed by atoms with E-state index in [0.29, 0.717) is 17.5 Å². The van der Waals surface area contributed by atoms with E-state index in [1.54, 1.807) is 0 Å². The normalized spacial score (nSPS) is 24.0. The molecule has 128 valence electrons. The lowest BCUT2D eigenvalue weighted by atomic mass is 9.96. The quantitative estimate of drug-likeness (QED) is 0.787. The van der Waals surface area contributed by atoms with Gasteiger partial charge in [0.1, 0.15) is 5.50 Å². The van der Waals surface area contributed by atoms with Crippen LogP contribution in [0.4, 0.5) is 0 Å². The van der Waals surface area contributed by atoms with Gasteiger partial charge in [0.05, 0.1) is 11.7 Å². The first kappa shape index (κ1) is 17.4. The fraction of sp³-hybridized carbons (Fsp3) is 0.438. The maximum Gasteiger partial charge on any atom is 0.237 e. The van der Waals surface area contributed by atoms with Crippen LogP contribution in [0.5, 0.6) is 0 Å². The highest BCUT2D eigenvalue weighted by molar-refractivity contribution is 9.10. The third-order valence-corrected chi connectivity index (χ3v) is 5.72. The molecule has 3 atom stereocenters. The molecule has 2 aromatic rings. The first-order valence-electron chi connectivity index (χ1n) is 7.84. The highest BCUT2D eigenvalue weighted by Crippen LogP contribution is 2.27. The van der Waals surface area contributed by atoms with Crippen LogP contribution < -0.4 is 10.6 Å². The number of halogens is 1. The zero-order chi connectivity index (χ0) is 17.1. The number of carbonyl (C=O) groups is 1. The fourth-order valence-corrected chi connectivity index (χ4v) is 4.11. The molecule has 3 unspecified atom stereocenters. The van der Waals surface area contributed by atoms with Crippen molar-refractivity contribution in [2.24, 2.45) is 5.92 Å². The summed E-state index contributed by atoms with van der Waals surface area (Å²) in [6.07, 6.45) is 0.830. The van der Waals surface area contributed by atoms with Crippen molar-refractivity contribution in [3.05, 3.63) is 34.6 Å². The van der Waals surface area contributed by atoms with Crippen molar-refractivity contribution in [2.75, 3.05) is 0 Å². The SMILES string of the molecule is CCC1C(=O)NC(SCc2nc(-c3ccccc3Br)no2)NC1C. The molecule has 0 saturated carbocycles. The second-order valence-electron chi connectivity index (χ2n) is 5.66. The monoisotopic (exact) mass is 410 g/mol. The van der Waals surface area contributed by atoms with Gasteiger partial charge in [0.25, 0.3) is 0 Å². The lowest BCUT2D eigenvalue weighted by Crippen LogP contribution is -2.58. The van der Waals surface area contributed by atoms with Crippen molar-refractivity contribution in [1.82, 2.24) is 20.8 Å². The van der Waals surface area contributed by atoms with E-state index in [-0.39, 0.29) is 23.4 Å². The lowest BCUT2D eigenvalue weighted by molar-refractivity contribution is -0.128. The van der Waals surface area contributed by atoms with E-state index < -0.39 is 0 Å². The van der Waals surface area contributed by atoms with Crippen LogP contribution in [0.15, 0.2) is 33.3 Å². The summed E-state index contributed by atoms with van der Waals surface area (Å²) in [7, 11) is 0. The summed E-state index contributed by atoms with van der Waals surface area (Å²) in [4.78, 5) is 16.5. The van der Waals surface area contributed by atoms with Crippen LogP contribution in [-0.2, 0) is 10.5 Å². The minimum Gasteiger partial charge on any atom is -0.338 e. The zero-order valence-electron chi connectivity index (χ0n) is 13.5. The molecule has 2 heterocycles. The van der Waals surface area contributed by atoms with Gasteiger partial charge in [0.2, 0.25) is 17.6 Å². The number of nitrogens with zero attached hydrogens (tertiary/aromatic N) is 2. The molecular formula is C16H19BrN4O2S. The molecule has 1 saturated heterocycles. The van der Waals surface area contributed by atoms with Crippen molar-refractivity contribution >= 4 is 33.6 Å². The van der Waals surface area contributed by atoms with E-state index >= 15 is 0 Å². The van der Waals surface area contributed by atoms with Gasteiger partial charge in [0.15, 0.2) is 0 Å². The third kappa shape index (κ3) is 3.81. The number of carbonyl (C=O) groups excluding carboxylic acids is 1. The number of aromatic nitrogens is 2. The molecule has 0 spiro atoms. The molecular weight excluding hydrogens is 392 g/mol. The van der Waals surface area contributed by atoms with Crippen LogP contribution in [0.25, 0.3) is 11.4 Å². The number of thioether (sulfide) groups is 1. The van der Waals surface area contributed by atoms with Crippen LogP contribution in [-0.4, -0.2) is 27.6 Å².